The van der Waals surface area contributed by atoms with Crippen LogP contribution in [0.2, 0.25) is 0 Å². The molecule has 0 aliphatic carbocycles. The van der Waals surface area contributed by atoms with Crippen LogP contribution in [0.25, 0.3) is 0 Å². The molecule has 0 aliphatic rings. The molecule has 6 nitrogen and oxygen atoms in total. The highest BCUT2D eigenvalue weighted by atomic mass is 32.2. The van der Waals surface area contributed by atoms with Crippen molar-refractivity contribution in [2.24, 2.45) is 12.2 Å². The average molecular weight is 311 g/mol. The van der Waals surface area contributed by atoms with Gasteiger partial charge in [0.25, 0.3) is 5.91 Å². The second-order valence-corrected chi connectivity index (χ2v) is 6.12. The van der Waals surface area contributed by atoms with Crippen molar-refractivity contribution in [2.75, 3.05) is 5.32 Å². The van der Waals surface area contributed by atoms with E-state index in [2.05, 4.69) is 5.32 Å². The number of anilines is 1. The fourth-order valence-electron chi connectivity index (χ4n) is 1.80. The SMILES string of the molecule is Cc1ccc(C(=O)Nc2cc(S(N)(=O)=O)ccc2F)n1C. The Morgan fingerprint density at radius 2 is 1.95 bits per heavy atom. The minimum atomic E-state index is -3.97. The molecule has 0 saturated carbocycles. The van der Waals surface area contributed by atoms with E-state index in [1.165, 1.54) is 0 Å². The summed E-state index contributed by atoms with van der Waals surface area (Å²) in [6.07, 6.45) is 0. The molecular formula is C13H14FN3O3S. The molecule has 0 atom stereocenters. The van der Waals surface area contributed by atoms with Crippen molar-refractivity contribution in [1.29, 1.82) is 0 Å². The number of hydrogen-bond acceptors (Lipinski definition) is 3. The Labute approximate surface area is 121 Å². The van der Waals surface area contributed by atoms with Gasteiger partial charge in [-0.15, -0.1) is 0 Å². The molecule has 1 heterocycles. The summed E-state index contributed by atoms with van der Waals surface area (Å²) < 4.78 is 37.8. The van der Waals surface area contributed by atoms with E-state index in [9.17, 15) is 17.6 Å². The van der Waals surface area contributed by atoms with Gasteiger partial charge >= 0.3 is 0 Å². The largest absolute Gasteiger partial charge is 0.344 e. The first-order valence-corrected chi connectivity index (χ1v) is 7.51. The number of nitrogens with zero attached hydrogens (tertiary/aromatic N) is 1. The van der Waals surface area contributed by atoms with Crippen molar-refractivity contribution >= 4 is 21.6 Å². The topological polar surface area (TPSA) is 94.2 Å². The fraction of sp³-hybridized carbons (Fsp3) is 0.154. The minimum Gasteiger partial charge on any atom is -0.344 e. The van der Waals surface area contributed by atoms with Gasteiger partial charge in [0.15, 0.2) is 0 Å². The van der Waals surface area contributed by atoms with Crippen LogP contribution in [0.4, 0.5) is 10.1 Å². The Balaban J connectivity index is 2.35. The second kappa shape index (κ2) is 5.30. The Kier molecular flexibility index (Phi) is 3.84. The van der Waals surface area contributed by atoms with Gasteiger partial charge in [0.1, 0.15) is 11.5 Å². The van der Waals surface area contributed by atoms with E-state index < -0.39 is 21.7 Å². The number of rotatable bonds is 3. The maximum Gasteiger partial charge on any atom is 0.272 e. The highest BCUT2D eigenvalue weighted by molar-refractivity contribution is 7.89. The van der Waals surface area contributed by atoms with Gasteiger partial charge in [-0.1, -0.05) is 0 Å². The summed E-state index contributed by atoms with van der Waals surface area (Å²) in [6.45, 7) is 1.82. The summed E-state index contributed by atoms with van der Waals surface area (Å²) in [7, 11) is -2.27. The van der Waals surface area contributed by atoms with Crippen LogP contribution < -0.4 is 10.5 Å². The number of primary sulfonamides is 1. The van der Waals surface area contributed by atoms with E-state index in [-0.39, 0.29) is 10.6 Å². The third-order valence-electron chi connectivity index (χ3n) is 3.12. The molecule has 8 heteroatoms. The van der Waals surface area contributed by atoms with Crippen molar-refractivity contribution in [2.45, 2.75) is 11.8 Å². The predicted molar refractivity (Wildman–Crippen MR) is 75.9 cm³/mol. The first kappa shape index (κ1) is 15.2. The van der Waals surface area contributed by atoms with Crippen molar-refractivity contribution in [3.63, 3.8) is 0 Å². The summed E-state index contributed by atoms with van der Waals surface area (Å²) in [4.78, 5) is 11.8. The number of carbonyl (C=O) groups is 1. The molecule has 2 rings (SSSR count). The molecule has 0 radical (unpaired) electrons. The van der Waals surface area contributed by atoms with Crippen molar-refractivity contribution in [3.8, 4) is 0 Å². The molecule has 0 unspecified atom stereocenters. The van der Waals surface area contributed by atoms with Crippen molar-refractivity contribution in [3.05, 3.63) is 47.5 Å². The molecule has 21 heavy (non-hydrogen) atoms. The molecule has 0 fully saturated rings. The molecule has 3 N–H and O–H groups in total. The van der Waals surface area contributed by atoms with Crippen LogP contribution in [0.15, 0.2) is 35.2 Å². The normalized spacial score (nSPS) is 11.4. The highest BCUT2D eigenvalue weighted by Crippen LogP contribution is 2.20. The molecule has 2 aromatic rings. The number of aryl methyl sites for hydroxylation is 1. The summed E-state index contributed by atoms with van der Waals surface area (Å²) in [6, 6.07) is 6.29. The Morgan fingerprint density at radius 1 is 1.29 bits per heavy atom. The quantitative estimate of drug-likeness (QED) is 0.896. The van der Waals surface area contributed by atoms with E-state index in [1.54, 1.807) is 23.7 Å². The standard InChI is InChI=1S/C13H14FN3O3S/c1-8-3-6-12(17(8)2)13(18)16-11-7-9(21(15,19)20)4-5-10(11)14/h3-7H,1-2H3,(H,16,18)(H2,15,19,20). The molecule has 0 aliphatic heterocycles. The lowest BCUT2D eigenvalue weighted by Gasteiger charge is -2.09. The number of halogens is 1. The van der Waals surface area contributed by atoms with Crippen LogP contribution in [-0.2, 0) is 17.1 Å². The number of aromatic nitrogens is 1. The highest BCUT2D eigenvalue weighted by Gasteiger charge is 2.16. The lowest BCUT2D eigenvalue weighted by Crippen LogP contribution is -2.18. The van der Waals surface area contributed by atoms with Crippen LogP contribution in [-0.4, -0.2) is 18.9 Å². The third kappa shape index (κ3) is 3.11. The first-order valence-electron chi connectivity index (χ1n) is 5.96. The van der Waals surface area contributed by atoms with E-state index in [0.29, 0.717) is 5.69 Å². The first-order chi connectivity index (χ1) is 9.70. The second-order valence-electron chi connectivity index (χ2n) is 4.56. The van der Waals surface area contributed by atoms with Crippen LogP contribution >= 0.6 is 0 Å². The molecular weight excluding hydrogens is 297 g/mol. The van der Waals surface area contributed by atoms with Gasteiger partial charge in [0, 0.05) is 12.7 Å². The van der Waals surface area contributed by atoms with Crippen LogP contribution in [0, 0.1) is 12.7 Å². The molecule has 1 aromatic carbocycles. The van der Waals surface area contributed by atoms with Gasteiger partial charge in [-0.2, -0.15) is 0 Å². The number of nitrogens with two attached hydrogens (primary N) is 1. The van der Waals surface area contributed by atoms with Gasteiger partial charge in [-0.25, -0.2) is 17.9 Å². The summed E-state index contributed by atoms with van der Waals surface area (Å²) in [5.41, 5.74) is 0.942. The lowest BCUT2D eigenvalue weighted by atomic mass is 10.3. The van der Waals surface area contributed by atoms with E-state index >= 15 is 0 Å². The zero-order chi connectivity index (χ0) is 15.8. The number of hydrogen-bond donors (Lipinski definition) is 2. The van der Waals surface area contributed by atoms with E-state index in [1.807, 2.05) is 6.92 Å². The van der Waals surface area contributed by atoms with Gasteiger partial charge < -0.3 is 9.88 Å². The minimum absolute atomic E-state index is 0.245. The third-order valence-corrected chi connectivity index (χ3v) is 4.03. The monoisotopic (exact) mass is 311 g/mol. The molecule has 0 saturated heterocycles. The zero-order valence-electron chi connectivity index (χ0n) is 11.4. The average Bonchev–Trinajstić information content (AvgIpc) is 2.71. The van der Waals surface area contributed by atoms with Gasteiger partial charge in [0.2, 0.25) is 10.0 Å². The fourth-order valence-corrected chi connectivity index (χ4v) is 2.34. The summed E-state index contributed by atoms with van der Waals surface area (Å²) in [5, 5.41) is 7.32. The van der Waals surface area contributed by atoms with Crippen LogP contribution in [0.5, 0.6) is 0 Å². The Hall–Kier alpha value is -2.19. The number of sulfonamides is 1. The summed E-state index contributed by atoms with van der Waals surface area (Å²) in [5.74, 6) is -1.29. The van der Waals surface area contributed by atoms with Crippen molar-refractivity contribution in [1.82, 2.24) is 4.57 Å². The molecule has 1 aromatic heterocycles. The predicted octanol–water partition coefficient (Wildman–Crippen LogP) is 1.37. The van der Waals surface area contributed by atoms with E-state index in [0.717, 1.165) is 23.9 Å². The van der Waals surface area contributed by atoms with Crippen LogP contribution in [0.1, 0.15) is 16.2 Å². The number of amides is 1. The Morgan fingerprint density at radius 3 is 2.48 bits per heavy atom. The molecule has 0 bridgehead atoms. The summed E-state index contributed by atoms with van der Waals surface area (Å²) >= 11 is 0. The smallest absolute Gasteiger partial charge is 0.272 e. The van der Waals surface area contributed by atoms with Gasteiger partial charge in [0.05, 0.1) is 10.6 Å². The zero-order valence-corrected chi connectivity index (χ0v) is 12.2. The number of benzene rings is 1. The van der Waals surface area contributed by atoms with Crippen LogP contribution in [0.3, 0.4) is 0 Å². The number of carbonyl (C=O) groups excluding carboxylic acids is 1. The molecule has 0 spiro atoms. The lowest BCUT2D eigenvalue weighted by molar-refractivity contribution is 0.101. The van der Waals surface area contributed by atoms with E-state index in [4.69, 9.17) is 5.14 Å². The number of nitrogens with one attached hydrogen (secondary N) is 1. The van der Waals surface area contributed by atoms with Crippen molar-refractivity contribution < 1.29 is 17.6 Å². The van der Waals surface area contributed by atoms with Gasteiger partial charge in [-0.05, 0) is 37.3 Å². The maximum absolute atomic E-state index is 13.7. The maximum atomic E-state index is 13.7. The molecule has 1 amide bonds. The van der Waals surface area contributed by atoms with Gasteiger partial charge in [-0.3, -0.25) is 4.79 Å². The molecule has 112 valence electrons. The Bertz CT molecular complexity index is 812.